The number of hydrogen-bond acceptors (Lipinski definition) is 1. The van der Waals surface area contributed by atoms with Crippen LogP contribution in [-0.4, -0.2) is 12.1 Å². The van der Waals surface area contributed by atoms with Gasteiger partial charge in [0.25, 0.3) is 0 Å². The third kappa shape index (κ3) is 3.48. The summed E-state index contributed by atoms with van der Waals surface area (Å²) in [5, 5.41) is 3.99. The summed E-state index contributed by atoms with van der Waals surface area (Å²) in [7, 11) is 0. The highest BCUT2D eigenvalue weighted by Crippen LogP contribution is 2.44. The second-order valence-corrected chi connectivity index (χ2v) is 6.22. The largest absolute Gasteiger partial charge is 0.311 e. The van der Waals surface area contributed by atoms with Crippen LogP contribution in [0.4, 0.5) is 0 Å². The minimum atomic E-state index is 0.779. The van der Waals surface area contributed by atoms with Crippen LogP contribution in [0.3, 0.4) is 0 Å². The zero-order valence-corrected chi connectivity index (χ0v) is 11.3. The smallest absolute Gasteiger partial charge is 0.0126 e. The first-order chi connectivity index (χ1) is 7.74. The maximum atomic E-state index is 3.99. The van der Waals surface area contributed by atoms with Gasteiger partial charge in [0, 0.05) is 12.1 Å². The molecule has 2 fully saturated rings. The fourth-order valence-corrected chi connectivity index (χ4v) is 2.84. The summed E-state index contributed by atoms with van der Waals surface area (Å²) in [6.07, 6.45) is 9.99. The second kappa shape index (κ2) is 5.53. The molecule has 2 atom stereocenters. The van der Waals surface area contributed by atoms with E-state index in [1.54, 1.807) is 0 Å². The van der Waals surface area contributed by atoms with Crippen molar-refractivity contribution < 1.29 is 0 Å². The Kier molecular flexibility index (Phi) is 4.29. The van der Waals surface area contributed by atoms with E-state index in [1.165, 1.54) is 44.9 Å². The normalized spacial score (nSPS) is 24.8. The first-order valence-corrected chi connectivity index (χ1v) is 7.50. The van der Waals surface area contributed by atoms with Crippen LogP contribution in [0.15, 0.2) is 0 Å². The van der Waals surface area contributed by atoms with E-state index in [9.17, 15) is 0 Å². The molecule has 1 N–H and O–H groups in total. The van der Waals surface area contributed by atoms with E-state index in [-0.39, 0.29) is 0 Å². The van der Waals surface area contributed by atoms with E-state index >= 15 is 0 Å². The topological polar surface area (TPSA) is 12.0 Å². The van der Waals surface area contributed by atoms with Crippen molar-refractivity contribution in [3.05, 3.63) is 0 Å². The molecular weight excluding hydrogens is 194 g/mol. The fraction of sp³-hybridized carbons (Fsp3) is 1.00. The molecule has 0 aliphatic heterocycles. The summed E-state index contributed by atoms with van der Waals surface area (Å²) in [4.78, 5) is 0. The van der Waals surface area contributed by atoms with Gasteiger partial charge in [0.1, 0.15) is 0 Å². The van der Waals surface area contributed by atoms with Crippen LogP contribution in [0.25, 0.3) is 0 Å². The molecule has 2 aliphatic rings. The molecule has 2 rings (SSSR count). The minimum Gasteiger partial charge on any atom is -0.311 e. The Morgan fingerprint density at radius 1 is 1.00 bits per heavy atom. The zero-order valence-electron chi connectivity index (χ0n) is 11.3. The molecule has 0 heterocycles. The van der Waals surface area contributed by atoms with Crippen molar-refractivity contribution in [1.29, 1.82) is 0 Å². The molecule has 94 valence electrons. The third-order valence-electron chi connectivity index (χ3n) is 4.56. The zero-order chi connectivity index (χ0) is 11.5. The summed E-state index contributed by atoms with van der Waals surface area (Å²) in [6, 6.07) is 1.66. The van der Waals surface area contributed by atoms with Crippen LogP contribution in [0, 0.1) is 17.8 Å². The van der Waals surface area contributed by atoms with Crippen molar-refractivity contribution in [3.63, 3.8) is 0 Å². The molecule has 0 bridgehead atoms. The fourth-order valence-electron chi connectivity index (χ4n) is 2.84. The molecule has 2 unspecified atom stereocenters. The van der Waals surface area contributed by atoms with Gasteiger partial charge in [0.2, 0.25) is 0 Å². The summed E-state index contributed by atoms with van der Waals surface area (Å²) in [5.74, 6) is 2.97. The van der Waals surface area contributed by atoms with Crippen LogP contribution < -0.4 is 5.32 Å². The Labute approximate surface area is 101 Å². The van der Waals surface area contributed by atoms with Gasteiger partial charge in [-0.1, -0.05) is 27.2 Å². The highest BCUT2D eigenvalue weighted by molar-refractivity contribution is 4.97. The SMILES string of the molecule is CCC(C)CC(CC)NC(C1CC1)C1CC1. The van der Waals surface area contributed by atoms with Crippen LogP contribution in [0.2, 0.25) is 0 Å². The average molecular weight is 223 g/mol. The lowest BCUT2D eigenvalue weighted by Gasteiger charge is -2.27. The van der Waals surface area contributed by atoms with Crippen molar-refractivity contribution in [2.45, 2.75) is 77.8 Å². The van der Waals surface area contributed by atoms with E-state index in [4.69, 9.17) is 0 Å². The Morgan fingerprint density at radius 3 is 1.94 bits per heavy atom. The van der Waals surface area contributed by atoms with Crippen molar-refractivity contribution in [1.82, 2.24) is 5.32 Å². The molecule has 0 radical (unpaired) electrons. The Bertz CT molecular complexity index is 193. The summed E-state index contributed by atoms with van der Waals surface area (Å²) < 4.78 is 0. The van der Waals surface area contributed by atoms with Gasteiger partial charge in [-0.15, -0.1) is 0 Å². The molecule has 1 heteroatoms. The molecule has 2 saturated carbocycles. The highest BCUT2D eigenvalue weighted by atomic mass is 15.0. The molecule has 0 aromatic heterocycles. The Balaban J connectivity index is 1.78. The molecule has 2 aliphatic carbocycles. The average Bonchev–Trinajstić information content (AvgIpc) is 3.16. The second-order valence-electron chi connectivity index (χ2n) is 6.22. The molecule has 1 nitrogen and oxygen atoms in total. The van der Waals surface area contributed by atoms with E-state index < -0.39 is 0 Å². The highest BCUT2D eigenvalue weighted by Gasteiger charge is 2.41. The molecule has 16 heavy (non-hydrogen) atoms. The molecule has 0 aromatic carbocycles. The lowest BCUT2D eigenvalue weighted by molar-refractivity contribution is 0.311. The van der Waals surface area contributed by atoms with Gasteiger partial charge in [-0.25, -0.2) is 0 Å². The third-order valence-corrected chi connectivity index (χ3v) is 4.56. The van der Waals surface area contributed by atoms with E-state index in [0.29, 0.717) is 0 Å². The predicted octanol–water partition coefficient (Wildman–Crippen LogP) is 3.98. The van der Waals surface area contributed by atoms with E-state index in [0.717, 1.165) is 29.8 Å². The lowest BCUT2D eigenvalue weighted by atomic mass is 9.96. The van der Waals surface area contributed by atoms with Crippen LogP contribution >= 0.6 is 0 Å². The van der Waals surface area contributed by atoms with Gasteiger partial charge < -0.3 is 5.32 Å². The maximum absolute atomic E-state index is 3.99. The van der Waals surface area contributed by atoms with Gasteiger partial charge in [-0.05, 0) is 56.3 Å². The van der Waals surface area contributed by atoms with Gasteiger partial charge in [0.05, 0.1) is 0 Å². The Morgan fingerprint density at radius 2 is 1.56 bits per heavy atom. The standard InChI is InChI=1S/C15H29N/c1-4-11(3)10-14(5-2)16-15(12-6-7-12)13-8-9-13/h11-16H,4-10H2,1-3H3. The van der Waals surface area contributed by atoms with E-state index in [2.05, 4.69) is 26.1 Å². The van der Waals surface area contributed by atoms with Gasteiger partial charge in [-0.2, -0.15) is 0 Å². The van der Waals surface area contributed by atoms with Crippen molar-refractivity contribution in [2.75, 3.05) is 0 Å². The van der Waals surface area contributed by atoms with E-state index in [1.807, 2.05) is 0 Å². The predicted molar refractivity (Wildman–Crippen MR) is 70.5 cm³/mol. The van der Waals surface area contributed by atoms with Crippen molar-refractivity contribution in [3.8, 4) is 0 Å². The first-order valence-electron chi connectivity index (χ1n) is 7.50. The first kappa shape index (κ1) is 12.4. The van der Waals surface area contributed by atoms with Crippen LogP contribution in [-0.2, 0) is 0 Å². The summed E-state index contributed by atoms with van der Waals surface area (Å²) in [6.45, 7) is 7.06. The molecule has 0 saturated heterocycles. The number of nitrogens with one attached hydrogen (secondary N) is 1. The van der Waals surface area contributed by atoms with Crippen molar-refractivity contribution in [2.24, 2.45) is 17.8 Å². The van der Waals surface area contributed by atoms with Gasteiger partial charge in [0.15, 0.2) is 0 Å². The summed E-state index contributed by atoms with van der Waals surface area (Å²) >= 11 is 0. The van der Waals surface area contributed by atoms with Crippen molar-refractivity contribution >= 4 is 0 Å². The molecule has 0 aromatic rings. The van der Waals surface area contributed by atoms with Gasteiger partial charge >= 0.3 is 0 Å². The summed E-state index contributed by atoms with van der Waals surface area (Å²) in [5.41, 5.74) is 0. The molecule has 0 amide bonds. The lowest BCUT2D eigenvalue weighted by Crippen LogP contribution is -2.41. The minimum absolute atomic E-state index is 0.779. The Hall–Kier alpha value is -0.0400. The van der Waals surface area contributed by atoms with Gasteiger partial charge in [-0.3, -0.25) is 0 Å². The van der Waals surface area contributed by atoms with Crippen LogP contribution in [0.1, 0.15) is 65.7 Å². The van der Waals surface area contributed by atoms with Crippen LogP contribution in [0.5, 0.6) is 0 Å². The quantitative estimate of drug-likeness (QED) is 0.656. The molecule has 0 spiro atoms. The number of hydrogen-bond donors (Lipinski definition) is 1. The number of rotatable bonds is 8. The molecular formula is C15H29N. The maximum Gasteiger partial charge on any atom is 0.0126 e. The monoisotopic (exact) mass is 223 g/mol.